The van der Waals surface area contributed by atoms with Crippen molar-refractivity contribution in [3.05, 3.63) is 112 Å². The van der Waals surface area contributed by atoms with E-state index in [1.54, 1.807) is 54.8 Å². The fourth-order valence-corrected chi connectivity index (χ4v) is 10.7. The van der Waals surface area contributed by atoms with E-state index >= 15 is 0 Å². The minimum atomic E-state index is -3.80. The number of aromatic nitrogens is 1. The van der Waals surface area contributed by atoms with Gasteiger partial charge >= 0.3 is 0 Å². The maximum Gasteiger partial charge on any atom is 0.258 e. The van der Waals surface area contributed by atoms with Crippen LogP contribution in [0.3, 0.4) is 0 Å². The molecule has 2 aliphatic rings. The summed E-state index contributed by atoms with van der Waals surface area (Å²) in [5, 5.41) is 6.01. The lowest BCUT2D eigenvalue weighted by Gasteiger charge is -2.22. The van der Waals surface area contributed by atoms with Crippen LogP contribution >= 0.6 is 23.2 Å². The fourth-order valence-electron chi connectivity index (χ4n) is 6.63. The lowest BCUT2D eigenvalue weighted by molar-refractivity contribution is 0.101. The lowest BCUT2D eigenvalue weighted by Crippen LogP contribution is -2.30. The molecule has 270 valence electrons. The van der Waals surface area contributed by atoms with E-state index in [1.807, 2.05) is 6.92 Å². The van der Waals surface area contributed by atoms with Gasteiger partial charge in [0.1, 0.15) is 11.4 Å². The molecule has 2 aliphatic heterocycles. The van der Waals surface area contributed by atoms with Gasteiger partial charge in [-0.1, -0.05) is 30.1 Å². The molecule has 0 radical (unpaired) electrons. The van der Waals surface area contributed by atoms with Gasteiger partial charge in [-0.05, 0) is 104 Å². The number of hydrogen-bond donors (Lipinski definition) is 2. The van der Waals surface area contributed by atoms with Crippen molar-refractivity contribution in [2.45, 2.75) is 37.4 Å². The lowest BCUT2D eigenvalue weighted by atomic mass is 9.96. The first-order valence-electron chi connectivity index (χ1n) is 16.5. The van der Waals surface area contributed by atoms with Crippen LogP contribution in [0.2, 0.25) is 10.0 Å². The van der Waals surface area contributed by atoms with E-state index in [-0.39, 0.29) is 45.2 Å². The number of carbonyl (C=O) groups excluding carboxylic acids is 2. The van der Waals surface area contributed by atoms with E-state index in [9.17, 15) is 26.4 Å². The molecule has 7 rings (SSSR count). The second-order valence-corrected chi connectivity index (χ2v) is 17.8. The molecular weight excluding hydrogens is 749 g/mol. The van der Waals surface area contributed by atoms with E-state index in [4.69, 9.17) is 27.6 Å². The Kier molecular flexibility index (Phi) is 9.67. The number of benzene rings is 3. The molecular formula is C36H33Cl2N5O7S2. The molecule has 2 fully saturated rings. The zero-order chi connectivity index (χ0) is 36.8. The van der Waals surface area contributed by atoms with Gasteiger partial charge in [0.2, 0.25) is 20.0 Å². The van der Waals surface area contributed by atoms with Crippen LogP contribution in [0.1, 0.15) is 58.4 Å². The van der Waals surface area contributed by atoms with Gasteiger partial charge in [0.25, 0.3) is 11.8 Å². The highest BCUT2D eigenvalue weighted by molar-refractivity contribution is 7.93. The quantitative estimate of drug-likeness (QED) is 0.158. The molecule has 0 aliphatic carbocycles. The van der Waals surface area contributed by atoms with Gasteiger partial charge in [-0.3, -0.25) is 18.2 Å². The van der Waals surface area contributed by atoms with Crippen molar-refractivity contribution >= 4 is 88.9 Å². The predicted molar refractivity (Wildman–Crippen MR) is 203 cm³/mol. The SMILES string of the molecule is CC(CC1CCN(c2ccc(Cl)c(C(=O)Nc3ccc4occc4c3)c2)S1(=O)=O)c1ccnc(NC(=O)c2cc(N3CCCS3(=O)=O)ccc2Cl)c1. The highest BCUT2D eigenvalue weighted by Gasteiger charge is 2.40. The summed E-state index contributed by atoms with van der Waals surface area (Å²) in [6.45, 7) is 2.46. The number of pyridine rings is 1. The fraction of sp³-hybridized carbons (Fsp3) is 0.250. The van der Waals surface area contributed by atoms with Gasteiger partial charge in [0.15, 0.2) is 0 Å². The second-order valence-electron chi connectivity index (χ2n) is 12.8. The summed E-state index contributed by atoms with van der Waals surface area (Å²) < 4.78 is 60.5. The molecule has 2 amide bonds. The molecule has 4 heterocycles. The van der Waals surface area contributed by atoms with E-state index < -0.39 is 37.1 Å². The van der Waals surface area contributed by atoms with Gasteiger partial charge in [-0.15, -0.1) is 0 Å². The Morgan fingerprint density at radius 3 is 2.25 bits per heavy atom. The largest absolute Gasteiger partial charge is 0.464 e. The van der Waals surface area contributed by atoms with Crippen molar-refractivity contribution in [2.75, 3.05) is 38.1 Å². The Balaban J connectivity index is 1.02. The molecule has 3 aromatic carbocycles. The van der Waals surface area contributed by atoms with Crippen molar-refractivity contribution in [3.8, 4) is 0 Å². The molecule has 2 aromatic heterocycles. The molecule has 2 atom stereocenters. The third-order valence-corrected chi connectivity index (χ3v) is 14.2. The summed E-state index contributed by atoms with van der Waals surface area (Å²) in [7, 11) is -7.26. The van der Waals surface area contributed by atoms with Gasteiger partial charge in [-0.2, -0.15) is 0 Å². The Bertz CT molecular complexity index is 2440. The van der Waals surface area contributed by atoms with Crippen LogP contribution in [0.25, 0.3) is 11.0 Å². The van der Waals surface area contributed by atoms with Gasteiger partial charge in [0.05, 0.1) is 49.8 Å². The van der Waals surface area contributed by atoms with Crippen LogP contribution in [0, 0.1) is 0 Å². The standard InChI is InChI=1S/C36H33Cl2N5O7S2/c1-22(23-9-12-39-34(19-23)41-36(45)30-20-26(4-6-32(30)38)42-13-2-16-51(42,46)47)17-28-10-14-43(52(28,48)49)27-5-7-31(37)29(21-27)35(44)40-25-3-8-33-24(18-25)11-15-50-33/h3-9,11-12,15,18-22,28H,2,10,13-14,16-17H2,1H3,(H,40,44)(H,39,41,45). The summed E-state index contributed by atoms with van der Waals surface area (Å²) in [5.74, 6) is -1.00. The number of nitrogens with zero attached hydrogens (tertiary/aromatic N) is 3. The number of furan rings is 1. The molecule has 52 heavy (non-hydrogen) atoms. The maximum absolute atomic E-state index is 13.8. The van der Waals surface area contributed by atoms with Crippen molar-refractivity contribution < 1.29 is 30.8 Å². The summed E-state index contributed by atoms with van der Waals surface area (Å²) in [5.41, 5.74) is 2.91. The van der Waals surface area contributed by atoms with Crippen LogP contribution in [0.4, 0.5) is 22.9 Å². The third kappa shape index (κ3) is 7.07. The third-order valence-electron chi connectivity index (χ3n) is 9.37. The summed E-state index contributed by atoms with van der Waals surface area (Å²) in [6, 6.07) is 19.5. The number of rotatable bonds is 9. The number of fused-ring (bicyclic) bond motifs is 1. The molecule has 2 unspecified atom stereocenters. The van der Waals surface area contributed by atoms with Crippen molar-refractivity contribution in [3.63, 3.8) is 0 Å². The monoisotopic (exact) mass is 781 g/mol. The Morgan fingerprint density at radius 1 is 0.865 bits per heavy atom. The van der Waals surface area contributed by atoms with E-state index in [1.165, 1.54) is 39.1 Å². The molecule has 16 heteroatoms. The highest BCUT2D eigenvalue weighted by atomic mass is 35.5. The minimum Gasteiger partial charge on any atom is -0.464 e. The molecule has 0 saturated carbocycles. The number of hydrogen-bond acceptors (Lipinski definition) is 8. The topological polar surface area (TPSA) is 159 Å². The van der Waals surface area contributed by atoms with E-state index in [2.05, 4.69) is 15.6 Å². The molecule has 0 spiro atoms. The summed E-state index contributed by atoms with van der Waals surface area (Å²) in [4.78, 5) is 30.8. The van der Waals surface area contributed by atoms with Crippen LogP contribution in [0.15, 0.2) is 89.7 Å². The number of anilines is 4. The first-order valence-corrected chi connectivity index (χ1v) is 20.3. The Hall–Kier alpha value is -4.63. The molecule has 2 saturated heterocycles. The number of carbonyl (C=O) groups is 2. The van der Waals surface area contributed by atoms with Crippen LogP contribution < -0.4 is 19.2 Å². The second kappa shape index (κ2) is 14.1. The number of halogens is 2. The summed E-state index contributed by atoms with van der Waals surface area (Å²) in [6.07, 6.45) is 4.25. The predicted octanol–water partition coefficient (Wildman–Crippen LogP) is 7.28. The van der Waals surface area contributed by atoms with E-state index in [0.717, 1.165) is 10.9 Å². The van der Waals surface area contributed by atoms with Crippen LogP contribution in [-0.4, -0.2) is 57.7 Å². The number of sulfonamides is 2. The zero-order valence-corrected chi connectivity index (χ0v) is 30.9. The van der Waals surface area contributed by atoms with Crippen molar-refractivity contribution in [1.82, 2.24) is 4.98 Å². The Labute approximate surface area is 310 Å². The van der Waals surface area contributed by atoms with E-state index in [0.29, 0.717) is 48.5 Å². The van der Waals surface area contributed by atoms with Crippen molar-refractivity contribution in [2.24, 2.45) is 0 Å². The zero-order valence-electron chi connectivity index (χ0n) is 27.8. The van der Waals surface area contributed by atoms with Gasteiger partial charge in [0, 0.05) is 30.4 Å². The van der Waals surface area contributed by atoms with Gasteiger partial charge in [-0.25, -0.2) is 21.8 Å². The average molecular weight is 783 g/mol. The molecule has 12 nitrogen and oxygen atoms in total. The highest BCUT2D eigenvalue weighted by Crippen LogP contribution is 2.36. The normalized spacial score (nSPS) is 18.4. The smallest absolute Gasteiger partial charge is 0.258 e. The molecule has 5 aromatic rings. The van der Waals surface area contributed by atoms with Crippen molar-refractivity contribution in [1.29, 1.82) is 0 Å². The minimum absolute atomic E-state index is 0.0405. The maximum atomic E-state index is 13.8. The molecule has 2 N–H and O–H groups in total. The summed E-state index contributed by atoms with van der Waals surface area (Å²) >= 11 is 12.7. The van der Waals surface area contributed by atoms with Crippen LogP contribution in [-0.2, 0) is 20.0 Å². The number of nitrogens with one attached hydrogen (secondary N) is 2. The van der Waals surface area contributed by atoms with Gasteiger partial charge < -0.3 is 15.1 Å². The first-order chi connectivity index (χ1) is 24.8. The van der Waals surface area contributed by atoms with Crippen LogP contribution in [0.5, 0.6) is 0 Å². The first kappa shape index (κ1) is 35.8. The Morgan fingerprint density at radius 2 is 1.56 bits per heavy atom. The average Bonchev–Trinajstić information content (AvgIpc) is 3.81. The number of amides is 2. The molecule has 0 bridgehead atoms.